The number of nitrogens with one attached hydrogen (secondary N) is 1. The van der Waals surface area contributed by atoms with E-state index in [4.69, 9.17) is 21.7 Å². The van der Waals surface area contributed by atoms with E-state index in [1.165, 1.54) is 0 Å². The molecule has 0 aromatic heterocycles. The van der Waals surface area contributed by atoms with Gasteiger partial charge in [0.15, 0.2) is 0 Å². The van der Waals surface area contributed by atoms with E-state index in [2.05, 4.69) is 5.32 Å². The van der Waals surface area contributed by atoms with Crippen molar-refractivity contribution in [2.75, 3.05) is 6.54 Å². The SMILES string of the molecule is NCCC[C@H](NC(=[18O])[C@@H](N)CC(=O)O)C(=O)O. The van der Waals surface area contributed by atoms with Crippen LogP contribution in [-0.2, 0) is 14.4 Å². The highest BCUT2D eigenvalue weighted by Crippen LogP contribution is 1.98. The van der Waals surface area contributed by atoms with Gasteiger partial charge in [0.2, 0.25) is 5.91 Å². The molecule has 0 aliphatic rings. The molecule has 0 bridgehead atoms. The van der Waals surface area contributed by atoms with Crippen molar-refractivity contribution < 1.29 is 24.6 Å². The van der Waals surface area contributed by atoms with Crippen LogP contribution < -0.4 is 16.8 Å². The molecule has 2 atom stereocenters. The molecule has 7 N–H and O–H groups in total. The Bertz CT molecular complexity index is 294. The first-order valence-corrected chi connectivity index (χ1v) is 5.09. The van der Waals surface area contributed by atoms with E-state index in [1.807, 2.05) is 0 Å². The van der Waals surface area contributed by atoms with Gasteiger partial charge in [0.25, 0.3) is 0 Å². The molecule has 0 aliphatic heterocycles. The molecule has 17 heavy (non-hydrogen) atoms. The molecule has 0 aromatic carbocycles. The number of carboxylic acid groups (broad SMARTS) is 2. The molecule has 1 amide bonds. The van der Waals surface area contributed by atoms with E-state index in [0.29, 0.717) is 13.0 Å². The quantitative estimate of drug-likeness (QED) is 0.314. The number of nitrogens with two attached hydrogens (primary N) is 2. The molecule has 8 nitrogen and oxygen atoms in total. The molecule has 0 fully saturated rings. The molecule has 8 heteroatoms. The maximum absolute atomic E-state index is 11.4. The number of carbonyl (C=O) groups is 3. The molecule has 0 unspecified atom stereocenters. The van der Waals surface area contributed by atoms with Gasteiger partial charge in [-0.3, -0.25) is 9.59 Å². The predicted octanol–water partition coefficient (Wildman–Crippen LogP) is -1.90. The summed E-state index contributed by atoms with van der Waals surface area (Å²) in [7, 11) is 0. The van der Waals surface area contributed by atoms with Crippen LogP contribution in [0.25, 0.3) is 0 Å². The minimum absolute atomic E-state index is 0.178. The van der Waals surface area contributed by atoms with Gasteiger partial charge in [0, 0.05) is 0 Å². The van der Waals surface area contributed by atoms with E-state index < -0.39 is 36.4 Å². The summed E-state index contributed by atoms with van der Waals surface area (Å²) in [6.45, 7) is 0.306. The Morgan fingerprint density at radius 2 is 1.94 bits per heavy atom. The lowest BCUT2D eigenvalue weighted by molar-refractivity contribution is -0.142. The minimum atomic E-state index is -1.26. The second kappa shape index (κ2) is 7.58. The van der Waals surface area contributed by atoms with Gasteiger partial charge >= 0.3 is 11.9 Å². The lowest BCUT2D eigenvalue weighted by Crippen LogP contribution is -2.49. The van der Waals surface area contributed by atoms with Crippen LogP contribution in [0.2, 0.25) is 0 Å². The normalized spacial score (nSPS) is 13.8. The number of carboxylic acids is 2. The molecule has 0 heterocycles. The lowest BCUT2D eigenvalue weighted by atomic mass is 10.1. The number of hydrogen-bond acceptors (Lipinski definition) is 5. The summed E-state index contributed by atoms with van der Waals surface area (Å²) in [5.74, 6) is -3.22. The zero-order valence-corrected chi connectivity index (χ0v) is 9.26. The van der Waals surface area contributed by atoms with Crippen LogP contribution in [0.4, 0.5) is 0 Å². The van der Waals surface area contributed by atoms with Crippen LogP contribution in [0.3, 0.4) is 0 Å². The second-order valence-electron chi connectivity index (χ2n) is 3.53. The van der Waals surface area contributed by atoms with Gasteiger partial charge in [-0.25, -0.2) is 4.79 Å². The summed E-state index contributed by atoms with van der Waals surface area (Å²) in [6.07, 6.45) is 0.0673. The Kier molecular flexibility index (Phi) is 6.83. The van der Waals surface area contributed by atoms with E-state index in [9.17, 15) is 14.4 Å². The summed E-state index contributed by atoms with van der Waals surface area (Å²) >= 11 is 0. The van der Waals surface area contributed by atoms with Gasteiger partial charge in [-0.15, -0.1) is 0 Å². The van der Waals surface area contributed by atoms with Crippen LogP contribution >= 0.6 is 0 Å². The smallest absolute Gasteiger partial charge is 0.326 e. The van der Waals surface area contributed by atoms with E-state index in [1.54, 1.807) is 0 Å². The van der Waals surface area contributed by atoms with Crippen molar-refractivity contribution in [3.63, 3.8) is 0 Å². The second-order valence-corrected chi connectivity index (χ2v) is 3.53. The molecule has 0 radical (unpaired) electrons. The summed E-state index contributed by atoms with van der Waals surface area (Å²) in [6, 6.07) is -2.35. The molecule has 0 saturated carbocycles. The maximum Gasteiger partial charge on any atom is 0.326 e. The summed E-state index contributed by atoms with van der Waals surface area (Å²) in [4.78, 5) is 32.4. The van der Waals surface area contributed by atoms with Crippen molar-refractivity contribution in [1.82, 2.24) is 5.32 Å². The highest BCUT2D eigenvalue weighted by molar-refractivity contribution is 5.89. The number of amides is 1. The van der Waals surface area contributed by atoms with Gasteiger partial charge in [-0.1, -0.05) is 0 Å². The fourth-order valence-corrected chi connectivity index (χ4v) is 1.14. The average Bonchev–Trinajstić information content (AvgIpc) is 2.22. The number of rotatable bonds is 8. The molecule has 0 saturated heterocycles. The monoisotopic (exact) mass is 249 g/mol. The molecular formula is C9H17N3O5. The van der Waals surface area contributed by atoms with Crippen molar-refractivity contribution in [3.8, 4) is 0 Å². The van der Waals surface area contributed by atoms with Gasteiger partial charge in [0.05, 0.1) is 12.5 Å². The maximum atomic E-state index is 11.4. The van der Waals surface area contributed by atoms with Gasteiger partial charge in [-0.05, 0) is 19.4 Å². The highest BCUT2D eigenvalue weighted by atomic mass is 18.1. The van der Waals surface area contributed by atoms with Crippen molar-refractivity contribution >= 4 is 17.8 Å². The molecule has 98 valence electrons. The molecule has 0 spiro atoms. The number of aliphatic carboxylic acids is 2. The Hall–Kier alpha value is -1.67. The lowest BCUT2D eigenvalue weighted by Gasteiger charge is -2.16. The van der Waals surface area contributed by atoms with Crippen molar-refractivity contribution in [2.45, 2.75) is 31.3 Å². The zero-order valence-electron chi connectivity index (χ0n) is 9.26. The van der Waals surface area contributed by atoms with Crippen LogP contribution in [0.1, 0.15) is 19.3 Å². The molecule has 0 rings (SSSR count). The molecule has 0 aliphatic carbocycles. The summed E-state index contributed by atoms with van der Waals surface area (Å²) < 4.78 is 0. The van der Waals surface area contributed by atoms with Crippen molar-refractivity contribution in [2.24, 2.45) is 11.5 Å². The first-order valence-electron chi connectivity index (χ1n) is 5.09. The van der Waals surface area contributed by atoms with Crippen LogP contribution in [0.5, 0.6) is 0 Å². The topological polar surface area (TPSA) is 156 Å². The number of hydrogen-bond donors (Lipinski definition) is 5. The fraction of sp³-hybridized carbons (Fsp3) is 0.667. The van der Waals surface area contributed by atoms with Crippen molar-refractivity contribution in [1.29, 1.82) is 0 Å². The van der Waals surface area contributed by atoms with E-state index >= 15 is 0 Å². The van der Waals surface area contributed by atoms with Crippen LogP contribution in [0, 0.1) is 0 Å². The predicted molar refractivity (Wildman–Crippen MR) is 58.1 cm³/mol. The van der Waals surface area contributed by atoms with Crippen LogP contribution in [-0.4, -0.2) is 46.7 Å². The average molecular weight is 249 g/mol. The minimum Gasteiger partial charge on any atom is -0.481 e. The van der Waals surface area contributed by atoms with Crippen LogP contribution in [0.15, 0.2) is 0 Å². The standard InChI is InChI=1S/C9H17N3O5/c10-3-1-2-6(9(16)17)12-8(15)5(11)4-7(13)14/h5-6H,1-4,10-11H2,(H,12,15)(H,13,14)(H,16,17)/t5-,6-/m0/s1/i15+2. The Morgan fingerprint density at radius 1 is 1.35 bits per heavy atom. The molecular weight excluding hydrogens is 232 g/mol. The Balaban J connectivity index is 4.29. The third kappa shape index (κ3) is 6.48. The highest BCUT2D eigenvalue weighted by Gasteiger charge is 2.23. The Morgan fingerprint density at radius 3 is 2.35 bits per heavy atom. The Labute approximate surface area is 98.0 Å². The van der Waals surface area contributed by atoms with E-state index in [0.717, 1.165) is 0 Å². The summed E-state index contributed by atoms with van der Waals surface area (Å²) in [5, 5.41) is 19.4. The van der Waals surface area contributed by atoms with Crippen molar-refractivity contribution in [3.05, 3.63) is 0 Å². The zero-order chi connectivity index (χ0) is 13.4. The summed E-state index contributed by atoms with van der Waals surface area (Å²) in [5.41, 5.74) is 10.5. The largest absolute Gasteiger partial charge is 0.481 e. The van der Waals surface area contributed by atoms with E-state index in [-0.39, 0.29) is 6.42 Å². The van der Waals surface area contributed by atoms with Gasteiger partial charge in [0.1, 0.15) is 6.04 Å². The first kappa shape index (κ1) is 15.3. The molecule has 0 aromatic rings. The van der Waals surface area contributed by atoms with Gasteiger partial charge in [-0.2, -0.15) is 0 Å². The number of carbonyl (C=O) groups excluding carboxylic acids is 1. The first-order chi connectivity index (χ1) is 7.88. The van der Waals surface area contributed by atoms with Gasteiger partial charge < -0.3 is 27.0 Å². The third-order valence-corrected chi connectivity index (χ3v) is 2.04. The third-order valence-electron chi connectivity index (χ3n) is 2.04. The fourth-order valence-electron chi connectivity index (χ4n) is 1.14.